The first-order valence-electron chi connectivity index (χ1n) is 10.2. The maximum absolute atomic E-state index is 12.9. The van der Waals surface area contributed by atoms with E-state index in [4.69, 9.17) is 9.47 Å². The number of hydrogen-bond donors (Lipinski definition) is 0. The number of carbonyl (C=O) groups is 1. The number of hydrogen-bond acceptors (Lipinski definition) is 6. The van der Waals surface area contributed by atoms with E-state index in [2.05, 4.69) is 14.8 Å². The number of thioether (sulfide) groups is 1. The Morgan fingerprint density at radius 3 is 2.55 bits per heavy atom. The van der Waals surface area contributed by atoms with Crippen LogP contribution in [0.15, 0.2) is 23.4 Å². The molecule has 0 unspecified atom stereocenters. The van der Waals surface area contributed by atoms with Crippen molar-refractivity contribution in [2.75, 3.05) is 26.5 Å². The molecule has 1 aromatic heterocycles. The highest BCUT2D eigenvalue weighted by Crippen LogP contribution is 2.46. The molecule has 7 nitrogen and oxygen atoms in total. The molecule has 0 radical (unpaired) electrons. The van der Waals surface area contributed by atoms with E-state index in [1.165, 1.54) is 37.4 Å². The lowest BCUT2D eigenvalue weighted by Gasteiger charge is -2.21. The number of amides is 1. The summed E-state index contributed by atoms with van der Waals surface area (Å²) in [5.41, 5.74) is 1.01. The summed E-state index contributed by atoms with van der Waals surface area (Å²) in [6.07, 6.45) is 4.81. The Bertz CT molecular complexity index is 877. The van der Waals surface area contributed by atoms with Crippen molar-refractivity contribution >= 4 is 17.7 Å². The van der Waals surface area contributed by atoms with E-state index < -0.39 is 0 Å². The van der Waals surface area contributed by atoms with Gasteiger partial charge >= 0.3 is 0 Å². The average Bonchev–Trinajstić information content (AvgIpc) is 3.68. The Morgan fingerprint density at radius 2 is 1.93 bits per heavy atom. The molecule has 29 heavy (non-hydrogen) atoms. The molecule has 0 bridgehead atoms. The van der Waals surface area contributed by atoms with E-state index in [-0.39, 0.29) is 5.91 Å². The molecule has 2 aromatic rings. The number of rotatable bonds is 10. The van der Waals surface area contributed by atoms with Crippen molar-refractivity contribution in [1.82, 2.24) is 19.7 Å². The van der Waals surface area contributed by atoms with Crippen molar-refractivity contribution in [1.29, 1.82) is 0 Å². The van der Waals surface area contributed by atoms with Crippen LogP contribution in [0, 0.1) is 0 Å². The van der Waals surface area contributed by atoms with Crippen LogP contribution < -0.4 is 9.47 Å². The SMILES string of the molecule is CCN(Cc1ccc(OC)c(OC)c1)C(=O)CSc1nnc(C2CC2)n1C1CC1. The summed E-state index contributed by atoms with van der Waals surface area (Å²) in [5, 5.41) is 9.72. The fourth-order valence-electron chi connectivity index (χ4n) is 3.48. The van der Waals surface area contributed by atoms with Gasteiger partial charge in [0.15, 0.2) is 16.7 Å². The number of nitrogens with zero attached hydrogens (tertiary/aromatic N) is 4. The highest BCUT2D eigenvalue weighted by molar-refractivity contribution is 7.99. The second-order valence-corrected chi connectivity index (χ2v) is 8.54. The third kappa shape index (κ3) is 4.52. The summed E-state index contributed by atoms with van der Waals surface area (Å²) >= 11 is 1.51. The van der Waals surface area contributed by atoms with E-state index in [0.29, 0.717) is 42.3 Å². The van der Waals surface area contributed by atoms with Crippen molar-refractivity contribution < 1.29 is 14.3 Å². The molecule has 0 spiro atoms. The lowest BCUT2D eigenvalue weighted by atomic mass is 10.2. The Morgan fingerprint density at radius 1 is 1.17 bits per heavy atom. The molecule has 2 aliphatic rings. The molecule has 1 heterocycles. The number of methoxy groups -OCH3 is 2. The third-order valence-corrected chi connectivity index (χ3v) is 6.35. The van der Waals surface area contributed by atoms with Crippen LogP contribution in [-0.2, 0) is 11.3 Å². The molecule has 1 aromatic carbocycles. The molecule has 2 fully saturated rings. The van der Waals surface area contributed by atoms with E-state index in [0.717, 1.165) is 16.5 Å². The van der Waals surface area contributed by atoms with E-state index in [1.54, 1.807) is 14.2 Å². The fourth-order valence-corrected chi connectivity index (χ4v) is 4.39. The Balaban J connectivity index is 1.40. The van der Waals surface area contributed by atoms with Crippen LogP contribution in [0.1, 0.15) is 56.0 Å². The third-order valence-electron chi connectivity index (χ3n) is 5.43. The predicted octanol–water partition coefficient (Wildman–Crippen LogP) is 3.65. The zero-order valence-electron chi connectivity index (χ0n) is 17.3. The minimum absolute atomic E-state index is 0.102. The van der Waals surface area contributed by atoms with Gasteiger partial charge in [0.25, 0.3) is 0 Å². The molecular weight excluding hydrogens is 388 g/mol. The van der Waals surface area contributed by atoms with Gasteiger partial charge in [0.05, 0.1) is 20.0 Å². The first kappa shape index (κ1) is 20.1. The Kier molecular flexibility index (Phi) is 5.99. The number of ether oxygens (including phenoxy) is 2. The largest absolute Gasteiger partial charge is 0.493 e. The molecule has 0 saturated heterocycles. The highest BCUT2D eigenvalue weighted by atomic mass is 32.2. The molecule has 8 heteroatoms. The smallest absolute Gasteiger partial charge is 0.233 e. The van der Waals surface area contributed by atoms with Crippen molar-refractivity contribution in [2.24, 2.45) is 0 Å². The fraction of sp³-hybridized carbons (Fsp3) is 0.571. The van der Waals surface area contributed by atoms with E-state index in [1.807, 2.05) is 30.0 Å². The van der Waals surface area contributed by atoms with Gasteiger partial charge in [0.2, 0.25) is 5.91 Å². The minimum atomic E-state index is 0.102. The summed E-state index contributed by atoms with van der Waals surface area (Å²) in [6, 6.07) is 6.30. The summed E-state index contributed by atoms with van der Waals surface area (Å²) in [4.78, 5) is 14.7. The summed E-state index contributed by atoms with van der Waals surface area (Å²) < 4.78 is 13.0. The first-order chi connectivity index (χ1) is 14.1. The van der Waals surface area contributed by atoms with Gasteiger partial charge in [0, 0.05) is 25.0 Å². The number of carbonyl (C=O) groups excluding carboxylic acids is 1. The first-order valence-corrected chi connectivity index (χ1v) is 11.2. The van der Waals surface area contributed by atoms with Gasteiger partial charge in [-0.3, -0.25) is 4.79 Å². The minimum Gasteiger partial charge on any atom is -0.493 e. The molecule has 2 saturated carbocycles. The summed E-state index contributed by atoms with van der Waals surface area (Å²) in [6.45, 7) is 3.19. The van der Waals surface area contributed by atoms with Crippen LogP contribution in [0.4, 0.5) is 0 Å². The van der Waals surface area contributed by atoms with Gasteiger partial charge in [-0.2, -0.15) is 0 Å². The van der Waals surface area contributed by atoms with E-state index in [9.17, 15) is 4.79 Å². The standard InChI is InChI=1S/C21H28N4O3S/c1-4-24(12-14-5-10-17(27-2)18(11-14)28-3)19(26)13-29-21-23-22-20(15-6-7-15)25(21)16-8-9-16/h5,10-11,15-16H,4,6-9,12-13H2,1-3H3. The predicted molar refractivity (Wildman–Crippen MR) is 112 cm³/mol. The second kappa shape index (κ2) is 8.65. The molecule has 156 valence electrons. The van der Waals surface area contributed by atoms with Crippen molar-refractivity contribution in [3.63, 3.8) is 0 Å². The van der Waals surface area contributed by atoms with Gasteiger partial charge in [-0.05, 0) is 50.3 Å². The topological polar surface area (TPSA) is 69.5 Å². The molecule has 0 aliphatic heterocycles. The lowest BCUT2D eigenvalue weighted by molar-refractivity contribution is -0.128. The summed E-state index contributed by atoms with van der Waals surface area (Å²) in [5.74, 6) is 3.53. The zero-order valence-corrected chi connectivity index (χ0v) is 18.1. The molecular formula is C21H28N4O3S. The van der Waals surface area contributed by atoms with E-state index >= 15 is 0 Å². The highest BCUT2D eigenvalue weighted by Gasteiger charge is 2.36. The quantitative estimate of drug-likeness (QED) is 0.551. The van der Waals surface area contributed by atoms with Crippen LogP contribution in [0.5, 0.6) is 11.5 Å². The van der Waals surface area contributed by atoms with Gasteiger partial charge < -0.3 is 18.9 Å². The maximum atomic E-state index is 12.9. The van der Waals surface area contributed by atoms with Crippen LogP contribution in [-0.4, -0.2) is 52.1 Å². The second-order valence-electron chi connectivity index (χ2n) is 7.60. The van der Waals surface area contributed by atoms with Gasteiger partial charge in [0.1, 0.15) is 5.82 Å². The van der Waals surface area contributed by atoms with Gasteiger partial charge in [-0.1, -0.05) is 17.8 Å². The number of aromatic nitrogens is 3. The van der Waals surface area contributed by atoms with Crippen LogP contribution in [0.3, 0.4) is 0 Å². The lowest BCUT2D eigenvalue weighted by Crippen LogP contribution is -2.31. The van der Waals surface area contributed by atoms with Gasteiger partial charge in [-0.15, -0.1) is 10.2 Å². The normalized spacial score (nSPS) is 16.0. The van der Waals surface area contributed by atoms with Crippen LogP contribution in [0.25, 0.3) is 0 Å². The van der Waals surface area contributed by atoms with Crippen LogP contribution in [0.2, 0.25) is 0 Å². The monoisotopic (exact) mass is 416 g/mol. The molecule has 4 rings (SSSR count). The molecule has 1 amide bonds. The molecule has 0 atom stereocenters. The Hall–Kier alpha value is -2.22. The average molecular weight is 417 g/mol. The maximum Gasteiger partial charge on any atom is 0.233 e. The van der Waals surface area contributed by atoms with Crippen molar-refractivity contribution in [3.05, 3.63) is 29.6 Å². The molecule has 2 aliphatic carbocycles. The zero-order chi connectivity index (χ0) is 20.4. The van der Waals surface area contributed by atoms with Crippen molar-refractivity contribution in [3.8, 4) is 11.5 Å². The molecule has 0 N–H and O–H groups in total. The summed E-state index contributed by atoms with van der Waals surface area (Å²) in [7, 11) is 3.23. The van der Waals surface area contributed by atoms with Crippen molar-refractivity contribution in [2.45, 2.75) is 56.3 Å². The van der Waals surface area contributed by atoms with Crippen LogP contribution >= 0.6 is 11.8 Å². The number of benzene rings is 1. The van der Waals surface area contributed by atoms with Gasteiger partial charge in [-0.25, -0.2) is 0 Å². The Labute approximate surface area is 175 Å².